The molecule has 0 spiro atoms. The van der Waals surface area contributed by atoms with E-state index in [1.54, 1.807) is 7.05 Å². The monoisotopic (exact) mass is 385 g/mol. The normalized spacial score (nSPS) is 16.8. The second kappa shape index (κ2) is 9.52. The van der Waals surface area contributed by atoms with E-state index in [2.05, 4.69) is 51.5 Å². The quantitative estimate of drug-likeness (QED) is 0.561. The fourth-order valence-electron chi connectivity index (χ4n) is 3.07. The zero-order valence-corrected chi connectivity index (χ0v) is 17.3. The van der Waals surface area contributed by atoms with Crippen LogP contribution in [0.1, 0.15) is 56.7 Å². The largest absolute Gasteiger partial charge is 0.478 e. The van der Waals surface area contributed by atoms with Gasteiger partial charge in [-0.2, -0.15) is 5.10 Å². The van der Waals surface area contributed by atoms with Crippen molar-refractivity contribution in [3.63, 3.8) is 0 Å². The first-order chi connectivity index (χ1) is 13.6. The summed E-state index contributed by atoms with van der Waals surface area (Å²) >= 11 is 0. The van der Waals surface area contributed by atoms with Crippen LogP contribution in [0.4, 0.5) is 0 Å². The summed E-state index contributed by atoms with van der Waals surface area (Å²) in [4.78, 5) is 13.3. The number of nitrogens with one attached hydrogen (secondary N) is 2. The Bertz CT molecular complexity index is 782. The van der Waals surface area contributed by atoms with Crippen molar-refractivity contribution in [2.75, 3.05) is 13.7 Å². The number of fused-ring (bicyclic) bond motifs is 1. The summed E-state index contributed by atoms with van der Waals surface area (Å²) < 4.78 is 7.55. The van der Waals surface area contributed by atoms with E-state index in [0.29, 0.717) is 24.9 Å². The topological polar surface area (TPSA) is 89.3 Å². The number of aliphatic imine (C=N–C) groups is 1. The summed E-state index contributed by atoms with van der Waals surface area (Å²) in [6.07, 6.45) is 4.75. The Hall–Kier alpha value is -2.64. The maximum Gasteiger partial charge on any atom is 0.213 e. The van der Waals surface area contributed by atoms with E-state index < -0.39 is 0 Å². The fourth-order valence-corrected chi connectivity index (χ4v) is 3.07. The van der Waals surface area contributed by atoms with Gasteiger partial charge in [-0.3, -0.25) is 4.99 Å². The molecule has 0 fully saturated rings. The number of aryl methyl sites for hydroxylation is 1. The molecule has 0 aromatic carbocycles. The Balaban J connectivity index is 1.50. The molecule has 0 amide bonds. The van der Waals surface area contributed by atoms with E-state index in [9.17, 15) is 0 Å². The molecule has 1 atom stereocenters. The van der Waals surface area contributed by atoms with Gasteiger partial charge in [-0.25, -0.2) is 14.6 Å². The van der Waals surface area contributed by atoms with Crippen LogP contribution in [0.2, 0.25) is 0 Å². The van der Waals surface area contributed by atoms with Crippen molar-refractivity contribution in [1.82, 2.24) is 30.4 Å². The zero-order valence-electron chi connectivity index (χ0n) is 17.3. The van der Waals surface area contributed by atoms with Crippen LogP contribution in [0.15, 0.2) is 23.3 Å². The zero-order chi connectivity index (χ0) is 19.9. The molecule has 152 valence electrons. The van der Waals surface area contributed by atoms with Crippen molar-refractivity contribution in [2.45, 2.75) is 65.1 Å². The van der Waals surface area contributed by atoms with Crippen LogP contribution in [0, 0.1) is 0 Å². The van der Waals surface area contributed by atoms with E-state index in [4.69, 9.17) is 4.74 Å². The second-order valence-corrected chi connectivity index (χ2v) is 7.38. The van der Waals surface area contributed by atoms with E-state index in [1.165, 1.54) is 0 Å². The first-order valence-electron chi connectivity index (χ1n) is 10.1. The number of aromatic nitrogens is 4. The Morgan fingerprint density at radius 2 is 2.25 bits per heavy atom. The van der Waals surface area contributed by atoms with Gasteiger partial charge >= 0.3 is 0 Å². The Morgan fingerprint density at radius 1 is 1.39 bits per heavy atom. The number of guanidine groups is 1. The SMILES string of the molecule is CCCOc1ccc(CNC(=NC)NC2CCc3nc(C(C)C)nn3C2)cn1. The van der Waals surface area contributed by atoms with Gasteiger partial charge < -0.3 is 15.4 Å². The van der Waals surface area contributed by atoms with Crippen LogP contribution >= 0.6 is 0 Å². The Labute approximate surface area is 166 Å². The molecule has 0 bridgehead atoms. The van der Waals surface area contributed by atoms with Crippen LogP contribution < -0.4 is 15.4 Å². The molecule has 0 radical (unpaired) electrons. The van der Waals surface area contributed by atoms with Crippen molar-refractivity contribution >= 4 is 5.96 Å². The van der Waals surface area contributed by atoms with Crippen LogP contribution in [0.25, 0.3) is 0 Å². The van der Waals surface area contributed by atoms with Gasteiger partial charge in [-0.05, 0) is 18.4 Å². The highest BCUT2D eigenvalue weighted by Crippen LogP contribution is 2.17. The van der Waals surface area contributed by atoms with Crippen molar-refractivity contribution < 1.29 is 4.74 Å². The number of rotatable bonds is 7. The molecule has 3 heterocycles. The highest BCUT2D eigenvalue weighted by Gasteiger charge is 2.23. The van der Waals surface area contributed by atoms with E-state index in [1.807, 2.05) is 23.0 Å². The molecule has 2 aromatic rings. The number of pyridine rings is 1. The molecule has 1 unspecified atom stereocenters. The molecule has 8 heteroatoms. The lowest BCUT2D eigenvalue weighted by Crippen LogP contribution is -2.46. The summed E-state index contributed by atoms with van der Waals surface area (Å²) in [5.41, 5.74) is 1.08. The molecule has 1 aliphatic heterocycles. The minimum Gasteiger partial charge on any atom is -0.478 e. The first kappa shape index (κ1) is 20.1. The molecule has 1 aliphatic rings. The van der Waals surface area contributed by atoms with Crippen molar-refractivity contribution in [1.29, 1.82) is 0 Å². The van der Waals surface area contributed by atoms with Gasteiger partial charge in [-0.15, -0.1) is 0 Å². The molecule has 28 heavy (non-hydrogen) atoms. The average molecular weight is 386 g/mol. The van der Waals surface area contributed by atoms with Gasteiger partial charge in [0.05, 0.1) is 13.2 Å². The molecule has 0 saturated carbocycles. The highest BCUT2D eigenvalue weighted by molar-refractivity contribution is 5.79. The van der Waals surface area contributed by atoms with Crippen molar-refractivity contribution in [3.05, 3.63) is 35.5 Å². The molecular weight excluding hydrogens is 354 g/mol. The van der Waals surface area contributed by atoms with Gasteiger partial charge in [0.15, 0.2) is 11.8 Å². The van der Waals surface area contributed by atoms with E-state index >= 15 is 0 Å². The molecule has 8 nitrogen and oxygen atoms in total. The second-order valence-electron chi connectivity index (χ2n) is 7.38. The molecule has 2 N–H and O–H groups in total. The predicted molar refractivity (Wildman–Crippen MR) is 110 cm³/mol. The summed E-state index contributed by atoms with van der Waals surface area (Å²) in [7, 11) is 1.79. The number of hydrogen-bond acceptors (Lipinski definition) is 5. The van der Waals surface area contributed by atoms with Gasteiger partial charge in [-0.1, -0.05) is 26.8 Å². The predicted octanol–water partition coefficient (Wildman–Crippen LogP) is 2.27. The third-order valence-corrected chi connectivity index (χ3v) is 4.67. The lowest BCUT2D eigenvalue weighted by Gasteiger charge is -2.25. The standard InChI is InChI=1S/C20H31N7O/c1-5-10-28-18-9-6-15(11-22-18)12-23-20(21-4)24-16-7-8-17-25-19(14(2)3)26-27(17)13-16/h6,9,11,14,16H,5,7-8,10,12-13H2,1-4H3,(H2,21,23,24). The van der Waals surface area contributed by atoms with Gasteiger partial charge in [0, 0.05) is 44.2 Å². The maximum absolute atomic E-state index is 5.52. The van der Waals surface area contributed by atoms with Crippen molar-refractivity contribution in [3.8, 4) is 5.88 Å². The Morgan fingerprint density at radius 3 is 2.93 bits per heavy atom. The third-order valence-electron chi connectivity index (χ3n) is 4.67. The minimum atomic E-state index is 0.281. The lowest BCUT2D eigenvalue weighted by molar-refractivity contribution is 0.305. The fraction of sp³-hybridized carbons (Fsp3) is 0.600. The van der Waals surface area contributed by atoms with E-state index in [-0.39, 0.29) is 6.04 Å². The molecular formula is C20H31N7O. The molecule has 2 aromatic heterocycles. The average Bonchev–Trinajstić information content (AvgIpc) is 3.14. The van der Waals surface area contributed by atoms with Gasteiger partial charge in [0.2, 0.25) is 5.88 Å². The van der Waals surface area contributed by atoms with Crippen LogP contribution in [-0.4, -0.2) is 45.4 Å². The summed E-state index contributed by atoms with van der Waals surface area (Å²) in [6, 6.07) is 4.21. The molecule has 3 rings (SSSR count). The summed E-state index contributed by atoms with van der Waals surface area (Å²) in [5.74, 6) is 3.81. The number of hydrogen-bond donors (Lipinski definition) is 2. The highest BCUT2D eigenvalue weighted by atomic mass is 16.5. The number of ether oxygens (including phenoxy) is 1. The van der Waals surface area contributed by atoms with Crippen molar-refractivity contribution in [2.24, 2.45) is 4.99 Å². The smallest absolute Gasteiger partial charge is 0.213 e. The van der Waals surface area contributed by atoms with Crippen LogP contribution in [0.3, 0.4) is 0 Å². The molecule has 0 aliphatic carbocycles. The minimum absolute atomic E-state index is 0.281. The Kier molecular flexibility index (Phi) is 6.84. The van der Waals surface area contributed by atoms with Gasteiger partial charge in [0.1, 0.15) is 5.82 Å². The first-order valence-corrected chi connectivity index (χ1v) is 10.1. The maximum atomic E-state index is 5.52. The van der Waals surface area contributed by atoms with Crippen LogP contribution in [-0.2, 0) is 19.5 Å². The summed E-state index contributed by atoms with van der Waals surface area (Å²) in [5, 5.41) is 11.5. The molecule has 0 saturated heterocycles. The van der Waals surface area contributed by atoms with Gasteiger partial charge in [0.25, 0.3) is 0 Å². The number of nitrogens with zero attached hydrogens (tertiary/aromatic N) is 5. The van der Waals surface area contributed by atoms with E-state index in [0.717, 1.165) is 49.0 Å². The summed E-state index contributed by atoms with van der Waals surface area (Å²) in [6.45, 7) is 8.48. The third kappa shape index (κ3) is 5.21. The van der Waals surface area contributed by atoms with Crippen LogP contribution in [0.5, 0.6) is 5.88 Å². The lowest BCUT2D eigenvalue weighted by atomic mass is 10.1.